The number of nitrogens with zero attached hydrogens (tertiary/aromatic N) is 1. The first-order valence-corrected chi connectivity index (χ1v) is 8.38. The fourth-order valence-corrected chi connectivity index (χ4v) is 3.96. The number of piperidine rings is 1. The minimum absolute atomic E-state index is 0.0528. The van der Waals surface area contributed by atoms with Crippen molar-refractivity contribution in [3.05, 3.63) is 23.8 Å². The summed E-state index contributed by atoms with van der Waals surface area (Å²) in [5, 5.41) is 2.83. The zero-order valence-corrected chi connectivity index (χ0v) is 13.1. The van der Waals surface area contributed by atoms with Crippen molar-refractivity contribution in [2.75, 3.05) is 18.8 Å². The van der Waals surface area contributed by atoms with E-state index in [0.717, 1.165) is 5.56 Å². The van der Waals surface area contributed by atoms with Crippen molar-refractivity contribution in [3.63, 3.8) is 0 Å². The molecule has 1 fully saturated rings. The van der Waals surface area contributed by atoms with Gasteiger partial charge in [-0.05, 0) is 37.5 Å². The number of rotatable bonds is 3. The van der Waals surface area contributed by atoms with Gasteiger partial charge in [-0.2, -0.15) is 4.31 Å². The Kier molecular flexibility index (Phi) is 4.53. The van der Waals surface area contributed by atoms with E-state index >= 15 is 0 Å². The topological polar surface area (TPSA) is 92.5 Å². The maximum absolute atomic E-state index is 12.6. The lowest BCUT2D eigenvalue weighted by atomic mass is 10.1. The molecule has 1 heterocycles. The number of hydrogen-bond donors (Lipinski definition) is 2. The fraction of sp³-hybridized carbons (Fsp3) is 0.500. The molecule has 1 aromatic carbocycles. The highest BCUT2D eigenvalue weighted by Gasteiger charge is 2.29. The van der Waals surface area contributed by atoms with E-state index in [1.807, 2.05) is 6.92 Å². The van der Waals surface area contributed by atoms with Gasteiger partial charge in [0.1, 0.15) is 0 Å². The second-order valence-corrected chi connectivity index (χ2v) is 7.34. The van der Waals surface area contributed by atoms with Gasteiger partial charge in [-0.1, -0.05) is 6.07 Å². The van der Waals surface area contributed by atoms with Crippen molar-refractivity contribution in [2.45, 2.75) is 37.6 Å². The number of hydrogen-bond acceptors (Lipinski definition) is 4. The van der Waals surface area contributed by atoms with Gasteiger partial charge in [0.05, 0.1) is 4.90 Å². The highest BCUT2D eigenvalue weighted by molar-refractivity contribution is 7.89. The molecular formula is C14H21N3O3S. The van der Waals surface area contributed by atoms with Crippen LogP contribution in [-0.4, -0.2) is 37.8 Å². The van der Waals surface area contributed by atoms with E-state index < -0.39 is 10.0 Å². The molecule has 0 bridgehead atoms. The van der Waals surface area contributed by atoms with Crippen LogP contribution in [0.25, 0.3) is 0 Å². The summed E-state index contributed by atoms with van der Waals surface area (Å²) in [6.45, 7) is 4.12. The second-order valence-electron chi connectivity index (χ2n) is 5.40. The third-order valence-corrected chi connectivity index (χ3v) is 5.64. The molecule has 1 aliphatic rings. The lowest BCUT2D eigenvalue weighted by Crippen LogP contribution is -2.46. The number of benzene rings is 1. The molecule has 0 atom stereocenters. The summed E-state index contributed by atoms with van der Waals surface area (Å²) in [7, 11) is -3.51. The average molecular weight is 311 g/mol. The number of amides is 1. The van der Waals surface area contributed by atoms with Gasteiger partial charge in [-0.15, -0.1) is 0 Å². The summed E-state index contributed by atoms with van der Waals surface area (Å²) < 4.78 is 26.6. The van der Waals surface area contributed by atoms with Gasteiger partial charge in [-0.3, -0.25) is 4.79 Å². The number of sulfonamides is 1. The maximum Gasteiger partial charge on any atom is 0.243 e. The van der Waals surface area contributed by atoms with Crippen LogP contribution >= 0.6 is 0 Å². The molecule has 116 valence electrons. The van der Waals surface area contributed by atoms with Crippen molar-refractivity contribution in [1.82, 2.24) is 9.62 Å². The molecule has 1 amide bonds. The summed E-state index contributed by atoms with van der Waals surface area (Å²) in [5.74, 6) is -0.0809. The van der Waals surface area contributed by atoms with Crippen LogP contribution in [0.4, 0.5) is 5.69 Å². The van der Waals surface area contributed by atoms with Crippen LogP contribution in [0.15, 0.2) is 23.1 Å². The van der Waals surface area contributed by atoms with Gasteiger partial charge in [0.2, 0.25) is 15.9 Å². The molecule has 6 nitrogen and oxygen atoms in total. The van der Waals surface area contributed by atoms with Crippen LogP contribution in [0.5, 0.6) is 0 Å². The number of carbonyl (C=O) groups is 1. The lowest BCUT2D eigenvalue weighted by molar-refractivity contribution is -0.119. The largest absolute Gasteiger partial charge is 0.398 e. The Bertz CT molecular complexity index is 635. The van der Waals surface area contributed by atoms with Gasteiger partial charge in [0.15, 0.2) is 0 Å². The van der Waals surface area contributed by atoms with Gasteiger partial charge in [-0.25, -0.2) is 8.42 Å². The summed E-state index contributed by atoms with van der Waals surface area (Å²) in [5.41, 5.74) is 7.13. The Hall–Kier alpha value is -1.60. The normalized spacial score (nSPS) is 17.6. The zero-order chi connectivity index (χ0) is 15.6. The van der Waals surface area contributed by atoms with E-state index in [1.54, 1.807) is 12.1 Å². The molecule has 21 heavy (non-hydrogen) atoms. The summed E-state index contributed by atoms with van der Waals surface area (Å²) >= 11 is 0. The quantitative estimate of drug-likeness (QED) is 0.810. The van der Waals surface area contributed by atoms with Gasteiger partial charge >= 0.3 is 0 Å². The summed E-state index contributed by atoms with van der Waals surface area (Å²) in [6, 6.07) is 4.86. The van der Waals surface area contributed by atoms with Crippen LogP contribution in [0.2, 0.25) is 0 Å². The first-order chi connectivity index (χ1) is 9.80. The number of nitrogens with two attached hydrogens (primary N) is 1. The first kappa shape index (κ1) is 15.8. The molecule has 0 aromatic heterocycles. The van der Waals surface area contributed by atoms with Gasteiger partial charge in [0, 0.05) is 31.7 Å². The molecule has 1 saturated heterocycles. The molecule has 0 spiro atoms. The smallest absolute Gasteiger partial charge is 0.243 e. The molecule has 7 heteroatoms. The van der Waals surface area contributed by atoms with Crippen LogP contribution in [0.3, 0.4) is 0 Å². The van der Waals surface area contributed by atoms with Gasteiger partial charge in [0.25, 0.3) is 0 Å². The van der Waals surface area contributed by atoms with Crippen LogP contribution in [0.1, 0.15) is 25.3 Å². The number of anilines is 1. The Labute approximate surface area is 125 Å². The van der Waals surface area contributed by atoms with E-state index in [2.05, 4.69) is 5.32 Å². The van der Waals surface area contributed by atoms with Crippen molar-refractivity contribution >= 4 is 21.6 Å². The van der Waals surface area contributed by atoms with Crippen molar-refractivity contribution in [3.8, 4) is 0 Å². The molecule has 0 aliphatic carbocycles. The molecule has 0 radical (unpaired) electrons. The number of aryl methyl sites for hydroxylation is 1. The summed E-state index contributed by atoms with van der Waals surface area (Å²) in [6.07, 6.45) is 1.25. The second kappa shape index (κ2) is 6.03. The fourth-order valence-electron chi connectivity index (χ4n) is 2.46. The number of nitrogens with one attached hydrogen (secondary N) is 1. The van der Waals surface area contributed by atoms with Crippen LogP contribution in [0, 0.1) is 6.92 Å². The molecule has 3 N–H and O–H groups in total. The van der Waals surface area contributed by atoms with E-state index in [-0.39, 0.29) is 16.8 Å². The van der Waals surface area contributed by atoms with E-state index in [9.17, 15) is 13.2 Å². The lowest BCUT2D eigenvalue weighted by Gasteiger charge is -2.31. The third-order valence-electron chi connectivity index (χ3n) is 3.75. The van der Waals surface area contributed by atoms with Crippen molar-refractivity contribution in [1.29, 1.82) is 0 Å². The average Bonchev–Trinajstić information content (AvgIpc) is 2.41. The third kappa shape index (κ3) is 3.54. The molecular weight excluding hydrogens is 290 g/mol. The Morgan fingerprint density at radius 2 is 1.95 bits per heavy atom. The first-order valence-electron chi connectivity index (χ1n) is 6.94. The minimum Gasteiger partial charge on any atom is -0.398 e. The number of carbonyl (C=O) groups excluding carboxylic acids is 1. The SMILES string of the molecule is CC(=O)NC1CCN(S(=O)(=O)c2ccc(C)c(N)c2)CC1. The zero-order valence-electron chi connectivity index (χ0n) is 12.3. The number of nitrogen functional groups attached to an aromatic ring is 1. The van der Waals surface area contributed by atoms with Crippen LogP contribution < -0.4 is 11.1 Å². The van der Waals surface area contributed by atoms with Crippen molar-refractivity contribution < 1.29 is 13.2 Å². The minimum atomic E-state index is -3.51. The Balaban J connectivity index is 2.11. The monoisotopic (exact) mass is 311 g/mol. The predicted molar refractivity (Wildman–Crippen MR) is 81.2 cm³/mol. The highest BCUT2D eigenvalue weighted by Crippen LogP contribution is 2.23. The van der Waals surface area contributed by atoms with Gasteiger partial charge < -0.3 is 11.1 Å². The Morgan fingerprint density at radius 1 is 1.33 bits per heavy atom. The standard InChI is InChI=1S/C14H21N3O3S/c1-10-3-4-13(9-14(10)15)21(19,20)17-7-5-12(6-8-17)16-11(2)18/h3-4,9,12H,5-8,15H2,1-2H3,(H,16,18). The van der Waals surface area contributed by atoms with E-state index in [4.69, 9.17) is 5.73 Å². The molecule has 1 aromatic rings. The van der Waals surface area contributed by atoms with Crippen LogP contribution in [-0.2, 0) is 14.8 Å². The predicted octanol–water partition coefficient (Wildman–Crippen LogP) is 0.866. The van der Waals surface area contributed by atoms with Crippen molar-refractivity contribution in [2.24, 2.45) is 0 Å². The Morgan fingerprint density at radius 3 is 2.48 bits per heavy atom. The van der Waals surface area contributed by atoms with E-state index in [0.29, 0.717) is 31.6 Å². The van der Waals surface area contributed by atoms with E-state index in [1.165, 1.54) is 17.3 Å². The highest BCUT2D eigenvalue weighted by atomic mass is 32.2. The molecule has 2 rings (SSSR count). The summed E-state index contributed by atoms with van der Waals surface area (Å²) in [4.78, 5) is 11.2. The maximum atomic E-state index is 12.6. The molecule has 0 unspecified atom stereocenters. The molecule has 1 aliphatic heterocycles. The molecule has 0 saturated carbocycles.